The number of rotatable bonds is 8. The van der Waals surface area contributed by atoms with Gasteiger partial charge in [0.05, 0.1) is 65.7 Å². The minimum atomic E-state index is -1.34. The number of benzene rings is 1. The van der Waals surface area contributed by atoms with Crippen molar-refractivity contribution in [3.05, 3.63) is 71.7 Å². The average Bonchev–Trinajstić information content (AvgIpc) is 3.40. The summed E-state index contributed by atoms with van der Waals surface area (Å²) in [4.78, 5) is 8.79. The first-order valence-electron chi connectivity index (χ1n) is 14.9. The molecular formula is C32H35F2N7O3. The standard InChI is InChI=1S/C32H35F2N7O3/c1-19-13-20(14-26(36)30(19)44-10-2-8-35)23-5-9-37-18-28(23)39-31-38-17-22-3-4-27(40-41(22)31)29-24(33)15-21(16-25(29)34)32(42)6-11-43-12-7-32/h3-5,9,15-20,26,30,42H,2,6-7,10-14,36H2,1H3,(H,38,39)/t19-,20+,26+,30-/m0/s1. The van der Waals surface area contributed by atoms with Crippen molar-refractivity contribution in [1.82, 2.24) is 19.6 Å². The van der Waals surface area contributed by atoms with E-state index in [1.807, 2.05) is 6.07 Å². The maximum atomic E-state index is 15.4. The van der Waals surface area contributed by atoms with Gasteiger partial charge in [0.15, 0.2) is 0 Å². The van der Waals surface area contributed by atoms with Gasteiger partial charge in [-0.15, -0.1) is 0 Å². The highest BCUT2D eigenvalue weighted by atomic mass is 19.1. The molecule has 2 aliphatic rings. The lowest BCUT2D eigenvalue weighted by Crippen LogP contribution is -2.46. The molecule has 0 spiro atoms. The monoisotopic (exact) mass is 603 g/mol. The lowest BCUT2D eigenvalue weighted by Gasteiger charge is -2.39. The summed E-state index contributed by atoms with van der Waals surface area (Å²) in [7, 11) is 0. The van der Waals surface area contributed by atoms with Crippen molar-refractivity contribution in [2.45, 2.75) is 62.7 Å². The fourth-order valence-electron chi connectivity index (χ4n) is 6.52. The number of nitrogens with zero attached hydrogens (tertiary/aromatic N) is 5. The third-order valence-electron chi connectivity index (χ3n) is 8.80. The van der Waals surface area contributed by atoms with Gasteiger partial charge in [0, 0.05) is 38.3 Å². The van der Waals surface area contributed by atoms with Crippen LogP contribution in [0.15, 0.2) is 48.9 Å². The SMILES string of the molecule is C[C@H]1C[C@@H](c2ccncc2Nc2ncc3ccc(-c4c(F)cc(C5(O)CCOCC5)cc4F)nn23)C[C@@H](N)[C@H]1OCCC#N. The molecule has 230 valence electrons. The predicted molar refractivity (Wildman–Crippen MR) is 159 cm³/mol. The van der Waals surface area contributed by atoms with Crippen LogP contribution in [0.2, 0.25) is 0 Å². The molecule has 4 heterocycles. The number of ether oxygens (including phenoxy) is 2. The van der Waals surface area contributed by atoms with Gasteiger partial charge in [0.25, 0.3) is 0 Å². The molecule has 6 rings (SSSR count). The topological polar surface area (TPSA) is 144 Å². The van der Waals surface area contributed by atoms with Gasteiger partial charge < -0.3 is 25.6 Å². The van der Waals surface area contributed by atoms with Crippen LogP contribution in [0.5, 0.6) is 0 Å². The largest absolute Gasteiger partial charge is 0.385 e. The Morgan fingerprint density at radius 3 is 2.68 bits per heavy atom. The van der Waals surface area contributed by atoms with Crippen LogP contribution in [0.3, 0.4) is 0 Å². The second-order valence-electron chi connectivity index (χ2n) is 11.7. The lowest BCUT2D eigenvalue weighted by molar-refractivity contribution is -0.0682. The molecule has 1 aliphatic carbocycles. The summed E-state index contributed by atoms with van der Waals surface area (Å²) in [5.74, 6) is -0.954. The molecule has 1 aliphatic heterocycles. The minimum absolute atomic E-state index is 0.0833. The van der Waals surface area contributed by atoms with Gasteiger partial charge in [-0.3, -0.25) is 4.98 Å². The summed E-state index contributed by atoms with van der Waals surface area (Å²) >= 11 is 0. The summed E-state index contributed by atoms with van der Waals surface area (Å²) in [6.45, 7) is 3.11. The highest BCUT2D eigenvalue weighted by Crippen LogP contribution is 2.40. The number of nitriles is 1. The van der Waals surface area contributed by atoms with Crippen LogP contribution in [0.25, 0.3) is 16.8 Å². The first-order valence-corrected chi connectivity index (χ1v) is 14.9. The molecule has 4 aromatic rings. The van der Waals surface area contributed by atoms with E-state index in [0.29, 0.717) is 44.1 Å². The van der Waals surface area contributed by atoms with Crippen molar-refractivity contribution in [1.29, 1.82) is 5.26 Å². The van der Waals surface area contributed by atoms with E-state index >= 15 is 8.78 Å². The molecule has 44 heavy (non-hydrogen) atoms. The molecule has 0 unspecified atom stereocenters. The van der Waals surface area contributed by atoms with Gasteiger partial charge in [-0.2, -0.15) is 14.9 Å². The van der Waals surface area contributed by atoms with E-state index in [2.05, 4.69) is 33.4 Å². The fraction of sp³-hybridized carbons (Fsp3) is 0.438. The molecule has 0 radical (unpaired) electrons. The number of aromatic nitrogens is 4. The Balaban J connectivity index is 1.27. The van der Waals surface area contributed by atoms with Crippen molar-refractivity contribution in [3.63, 3.8) is 0 Å². The van der Waals surface area contributed by atoms with E-state index in [9.17, 15) is 5.11 Å². The molecule has 2 fully saturated rings. The number of nitrogens with one attached hydrogen (secondary N) is 1. The van der Waals surface area contributed by atoms with Gasteiger partial charge >= 0.3 is 0 Å². The van der Waals surface area contributed by atoms with E-state index in [1.54, 1.807) is 30.7 Å². The quantitative estimate of drug-likeness (QED) is 0.238. The van der Waals surface area contributed by atoms with Gasteiger partial charge in [-0.05, 0) is 66.1 Å². The third kappa shape index (κ3) is 5.88. The maximum absolute atomic E-state index is 15.4. The smallest absolute Gasteiger partial charge is 0.229 e. The first kappa shape index (κ1) is 30.0. The third-order valence-corrected chi connectivity index (χ3v) is 8.80. The van der Waals surface area contributed by atoms with Crippen LogP contribution in [-0.2, 0) is 15.1 Å². The highest BCUT2D eigenvalue weighted by molar-refractivity contribution is 5.66. The number of nitrogens with two attached hydrogens (primary N) is 1. The van der Waals surface area contributed by atoms with E-state index in [4.69, 9.17) is 20.5 Å². The van der Waals surface area contributed by atoms with Crippen molar-refractivity contribution >= 4 is 17.2 Å². The Bertz CT molecular complexity index is 1650. The molecule has 3 aromatic heterocycles. The minimum Gasteiger partial charge on any atom is -0.385 e. The number of anilines is 2. The van der Waals surface area contributed by atoms with Crippen LogP contribution >= 0.6 is 0 Å². The zero-order valence-electron chi connectivity index (χ0n) is 24.4. The van der Waals surface area contributed by atoms with Gasteiger partial charge in [-0.25, -0.2) is 13.8 Å². The van der Waals surface area contributed by atoms with Crippen molar-refractivity contribution in [3.8, 4) is 17.3 Å². The number of aliphatic hydroxyl groups is 1. The van der Waals surface area contributed by atoms with Crippen LogP contribution in [-0.4, -0.2) is 56.7 Å². The summed E-state index contributed by atoms with van der Waals surface area (Å²) in [6, 6.07) is 9.46. The summed E-state index contributed by atoms with van der Waals surface area (Å²) in [6.07, 6.45) is 7.33. The normalized spacial score (nSPS) is 23.4. The molecule has 10 nitrogen and oxygen atoms in total. The summed E-state index contributed by atoms with van der Waals surface area (Å²) in [5.41, 5.74) is 7.56. The van der Waals surface area contributed by atoms with Gasteiger partial charge in [0.2, 0.25) is 5.95 Å². The number of hydrogen-bond donors (Lipinski definition) is 3. The second kappa shape index (κ2) is 12.5. The van der Waals surface area contributed by atoms with Crippen LogP contribution < -0.4 is 11.1 Å². The Labute approximate surface area is 253 Å². The van der Waals surface area contributed by atoms with E-state index in [1.165, 1.54) is 16.6 Å². The molecular weight excluding hydrogens is 568 g/mol. The van der Waals surface area contributed by atoms with Crippen molar-refractivity contribution in [2.75, 3.05) is 25.1 Å². The first-order chi connectivity index (χ1) is 21.3. The fourth-order valence-corrected chi connectivity index (χ4v) is 6.52. The molecule has 0 amide bonds. The number of pyridine rings is 1. The molecule has 12 heteroatoms. The van der Waals surface area contributed by atoms with E-state index < -0.39 is 17.2 Å². The van der Waals surface area contributed by atoms with Gasteiger partial charge in [0.1, 0.15) is 11.6 Å². The highest BCUT2D eigenvalue weighted by Gasteiger charge is 2.36. The molecule has 1 saturated heterocycles. The van der Waals surface area contributed by atoms with Gasteiger partial charge in [-0.1, -0.05) is 6.92 Å². The lowest BCUT2D eigenvalue weighted by atomic mass is 9.74. The average molecular weight is 604 g/mol. The Morgan fingerprint density at radius 2 is 1.95 bits per heavy atom. The number of imidazole rings is 1. The molecule has 1 aromatic carbocycles. The van der Waals surface area contributed by atoms with Crippen LogP contribution in [0, 0.1) is 28.9 Å². The number of hydrogen-bond acceptors (Lipinski definition) is 9. The zero-order chi connectivity index (χ0) is 30.8. The predicted octanol–water partition coefficient (Wildman–Crippen LogP) is 4.95. The Kier molecular flexibility index (Phi) is 8.55. The molecule has 1 saturated carbocycles. The summed E-state index contributed by atoms with van der Waals surface area (Å²) < 4.78 is 43.6. The zero-order valence-corrected chi connectivity index (χ0v) is 24.4. The Morgan fingerprint density at radius 1 is 1.18 bits per heavy atom. The molecule has 0 bridgehead atoms. The number of halogens is 2. The maximum Gasteiger partial charge on any atom is 0.229 e. The van der Waals surface area contributed by atoms with Crippen LogP contribution in [0.1, 0.15) is 56.1 Å². The number of fused-ring (bicyclic) bond motifs is 1. The van der Waals surface area contributed by atoms with Crippen LogP contribution in [0.4, 0.5) is 20.4 Å². The van der Waals surface area contributed by atoms with E-state index in [0.717, 1.165) is 17.7 Å². The molecule has 4 N–H and O–H groups in total. The van der Waals surface area contributed by atoms with E-state index in [-0.39, 0.29) is 53.6 Å². The van der Waals surface area contributed by atoms with Crippen molar-refractivity contribution < 1.29 is 23.4 Å². The molecule has 4 atom stereocenters. The Hall–Kier alpha value is -4.02. The summed E-state index contributed by atoms with van der Waals surface area (Å²) in [5, 5.41) is 27.7. The second-order valence-corrected chi connectivity index (χ2v) is 11.7. The van der Waals surface area contributed by atoms with Crippen molar-refractivity contribution in [2.24, 2.45) is 11.7 Å².